The molecule has 0 N–H and O–H groups in total. The number of Topliss-reactive ketones (excluding diaryl/α,β-unsaturated/α-hetero) is 1. The number of rotatable bonds is 7. The van der Waals surface area contributed by atoms with Crippen molar-refractivity contribution in [2.75, 3.05) is 6.54 Å². The van der Waals surface area contributed by atoms with Gasteiger partial charge in [0.25, 0.3) is 10.0 Å². The van der Waals surface area contributed by atoms with E-state index in [9.17, 15) is 26.4 Å². The fraction of sp³-hybridized carbons (Fsp3) is 0.391. The van der Waals surface area contributed by atoms with E-state index >= 15 is 0 Å². The number of aryl methyl sites for hydroxylation is 3. The van der Waals surface area contributed by atoms with Crippen LogP contribution in [0.3, 0.4) is 0 Å². The molecule has 186 valence electrons. The summed E-state index contributed by atoms with van der Waals surface area (Å²) in [5.41, 5.74) is 0.715. The molecule has 12 heteroatoms. The van der Waals surface area contributed by atoms with E-state index in [1.807, 2.05) is 0 Å². The Bertz CT molecular complexity index is 1320. The maximum absolute atomic E-state index is 13.1. The Morgan fingerprint density at radius 3 is 2.51 bits per heavy atom. The van der Waals surface area contributed by atoms with Crippen LogP contribution in [0, 0.1) is 6.92 Å². The number of carbonyl (C=O) groups is 1. The molecule has 1 saturated heterocycles. The summed E-state index contributed by atoms with van der Waals surface area (Å²) < 4.78 is 67.4. The molecule has 1 aliphatic heterocycles. The second kappa shape index (κ2) is 9.50. The van der Waals surface area contributed by atoms with Crippen LogP contribution in [0.2, 0.25) is 0 Å². The Morgan fingerprint density at radius 2 is 1.89 bits per heavy atom. The summed E-state index contributed by atoms with van der Waals surface area (Å²) in [4.78, 5) is 25.4. The zero-order valence-corrected chi connectivity index (χ0v) is 20.0. The zero-order chi connectivity index (χ0) is 25.4. The molecule has 0 aliphatic carbocycles. The van der Waals surface area contributed by atoms with E-state index in [4.69, 9.17) is 0 Å². The molecular formula is C23H24F3N5O3S. The van der Waals surface area contributed by atoms with Crippen LogP contribution in [0.1, 0.15) is 36.3 Å². The van der Waals surface area contributed by atoms with E-state index in [-0.39, 0.29) is 30.2 Å². The molecule has 1 fully saturated rings. The topological polar surface area (TPSA) is 98.1 Å². The summed E-state index contributed by atoms with van der Waals surface area (Å²) in [5, 5.41) is -0.0748. The quantitative estimate of drug-likeness (QED) is 0.485. The summed E-state index contributed by atoms with van der Waals surface area (Å²) in [5.74, 6) is 0.340. The first-order valence-electron chi connectivity index (χ1n) is 11.0. The lowest BCUT2D eigenvalue weighted by Crippen LogP contribution is -2.40. The lowest BCUT2D eigenvalue weighted by Gasteiger charge is -2.22. The zero-order valence-electron chi connectivity index (χ0n) is 19.2. The molecule has 8 nitrogen and oxygen atoms in total. The molecule has 0 spiro atoms. The third kappa shape index (κ3) is 5.27. The summed E-state index contributed by atoms with van der Waals surface area (Å²) in [6.07, 6.45) is -0.357. The maximum Gasteiger partial charge on any atom is 0.416 e. The van der Waals surface area contributed by atoms with Gasteiger partial charge in [0, 0.05) is 37.5 Å². The molecule has 1 atom stereocenters. The predicted octanol–water partition coefficient (Wildman–Crippen LogP) is 3.56. The average Bonchev–Trinajstić information content (AvgIpc) is 3.45. The molecule has 0 amide bonds. The minimum atomic E-state index is -4.42. The van der Waals surface area contributed by atoms with Crippen LogP contribution in [-0.4, -0.2) is 50.6 Å². The summed E-state index contributed by atoms with van der Waals surface area (Å²) in [6, 6.07) is 5.49. The van der Waals surface area contributed by atoms with Crippen LogP contribution in [0.25, 0.3) is 11.3 Å². The highest BCUT2D eigenvalue weighted by Crippen LogP contribution is 2.31. The minimum absolute atomic E-state index is 0.0708. The number of alkyl halides is 3. The summed E-state index contributed by atoms with van der Waals surface area (Å²) in [7, 11) is -2.20. The van der Waals surface area contributed by atoms with Gasteiger partial charge in [0.05, 0.1) is 17.3 Å². The number of imidazole rings is 1. The van der Waals surface area contributed by atoms with E-state index in [1.54, 1.807) is 24.6 Å². The molecule has 4 rings (SSSR count). The van der Waals surface area contributed by atoms with E-state index < -0.39 is 27.8 Å². The van der Waals surface area contributed by atoms with Gasteiger partial charge in [-0.2, -0.15) is 17.5 Å². The van der Waals surface area contributed by atoms with E-state index in [0.29, 0.717) is 35.6 Å². The second-order valence-corrected chi connectivity index (χ2v) is 10.3. The van der Waals surface area contributed by atoms with Crippen molar-refractivity contribution in [1.29, 1.82) is 0 Å². The molecule has 3 aromatic rings. The highest BCUT2D eigenvalue weighted by molar-refractivity contribution is 7.89. The van der Waals surface area contributed by atoms with Gasteiger partial charge in [-0.15, -0.1) is 0 Å². The van der Waals surface area contributed by atoms with Crippen LogP contribution in [0.4, 0.5) is 13.2 Å². The Labute approximate surface area is 200 Å². The van der Waals surface area contributed by atoms with Crippen LogP contribution in [-0.2, 0) is 34.5 Å². The number of halogens is 3. The molecule has 0 bridgehead atoms. The van der Waals surface area contributed by atoms with Crippen molar-refractivity contribution in [3.05, 3.63) is 59.9 Å². The predicted molar refractivity (Wildman–Crippen MR) is 121 cm³/mol. The first-order valence-corrected chi connectivity index (χ1v) is 12.4. The van der Waals surface area contributed by atoms with Gasteiger partial charge in [0.15, 0.2) is 10.8 Å². The normalized spacial score (nSPS) is 17.1. The van der Waals surface area contributed by atoms with Crippen molar-refractivity contribution < 1.29 is 26.4 Å². The highest BCUT2D eigenvalue weighted by atomic mass is 32.2. The molecule has 35 heavy (non-hydrogen) atoms. The van der Waals surface area contributed by atoms with Gasteiger partial charge in [0.2, 0.25) is 0 Å². The Hall–Kier alpha value is -3.12. The molecule has 0 radical (unpaired) electrons. The van der Waals surface area contributed by atoms with Crippen molar-refractivity contribution in [2.24, 2.45) is 7.05 Å². The number of ketones is 1. The molecule has 2 aromatic heterocycles. The third-order valence-electron chi connectivity index (χ3n) is 6.09. The monoisotopic (exact) mass is 507 g/mol. The standard InChI is InChI=1S/C23H24F3N5O3S/c1-15-29-22(13-30(15)2)35(33,34)31-11-3-4-20(31)21(32)10-9-18-12-19(28-14-27-18)16-5-7-17(8-6-16)23(24,25)26/h5-8,12-14,20H,3-4,9-11H2,1-2H3/t20-/m0/s1. The van der Waals surface area contributed by atoms with Gasteiger partial charge >= 0.3 is 6.18 Å². The molecule has 1 aromatic carbocycles. The lowest BCUT2D eigenvalue weighted by molar-refractivity contribution is -0.137. The summed E-state index contributed by atoms with van der Waals surface area (Å²) >= 11 is 0. The lowest BCUT2D eigenvalue weighted by atomic mass is 10.0. The number of carbonyl (C=O) groups excluding carboxylic acids is 1. The smallest absolute Gasteiger partial charge is 0.337 e. The maximum atomic E-state index is 13.1. The molecule has 0 saturated carbocycles. The van der Waals surface area contributed by atoms with Crippen molar-refractivity contribution in [3.8, 4) is 11.3 Å². The van der Waals surface area contributed by atoms with Crippen molar-refractivity contribution >= 4 is 15.8 Å². The first-order chi connectivity index (χ1) is 16.5. The van der Waals surface area contributed by atoms with Gasteiger partial charge in [-0.1, -0.05) is 12.1 Å². The molecule has 1 aliphatic rings. The fourth-order valence-electron chi connectivity index (χ4n) is 4.06. The van der Waals surface area contributed by atoms with E-state index in [2.05, 4.69) is 15.0 Å². The second-order valence-electron chi connectivity index (χ2n) is 8.45. The van der Waals surface area contributed by atoms with E-state index in [0.717, 1.165) is 12.1 Å². The van der Waals surface area contributed by atoms with Gasteiger partial charge < -0.3 is 4.57 Å². The summed E-state index contributed by atoms with van der Waals surface area (Å²) in [6.45, 7) is 1.95. The first kappa shape index (κ1) is 25.0. The Kier molecular flexibility index (Phi) is 6.78. The fourth-order valence-corrected chi connectivity index (χ4v) is 5.77. The Morgan fingerprint density at radius 1 is 1.17 bits per heavy atom. The average molecular weight is 508 g/mol. The van der Waals surface area contributed by atoms with Gasteiger partial charge in [-0.25, -0.2) is 23.4 Å². The Balaban J connectivity index is 1.45. The van der Waals surface area contributed by atoms with Crippen molar-refractivity contribution in [3.63, 3.8) is 0 Å². The van der Waals surface area contributed by atoms with E-state index in [1.165, 1.54) is 29.0 Å². The van der Waals surface area contributed by atoms with Gasteiger partial charge in [-0.3, -0.25) is 4.79 Å². The number of benzene rings is 1. The van der Waals surface area contributed by atoms with Crippen LogP contribution >= 0.6 is 0 Å². The molecule has 3 heterocycles. The van der Waals surface area contributed by atoms with Crippen LogP contribution in [0.15, 0.2) is 47.9 Å². The third-order valence-corrected chi connectivity index (χ3v) is 7.87. The number of hydrogen-bond donors (Lipinski definition) is 0. The largest absolute Gasteiger partial charge is 0.416 e. The van der Waals surface area contributed by atoms with Gasteiger partial charge in [-0.05, 0) is 44.4 Å². The molecule has 0 unspecified atom stereocenters. The van der Waals surface area contributed by atoms with Gasteiger partial charge in [0.1, 0.15) is 12.2 Å². The highest BCUT2D eigenvalue weighted by Gasteiger charge is 2.40. The van der Waals surface area contributed by atoms with Crippen LogP contribution in [0.5, 0.6) is 0 Å². The minimum Gasteiger partial charge on any atom is -0.337 e. The number of nitrogens with zero attached hydrogens (tertiary/aromatic N) is 5. The van der Waals surface area contributed by atoms with Crippen molar-refractivity contribution in [2.45, 2.75) is 49.9 Å². The number of hydrogen-bond acceptors (Lipinski definition) is 6. The number of sulfonamides is 1. The van der Waals surface area contributed by atoms with Crippen molar-refractivity contribution in [1.82, 2.24) is 23.8 Å². The SMILES string of the molecule is Cc1nc(S(=O)(=O)N2CCC[C@H]2C(=O)CCc2cc(-c3ccc(C(F)(F)F)cc3)ncn2)cn1C. The molecular weight excluding hydrogens is 483 g/mol. The number of aromatic nitrogens is 4. The van der Waals surface area contributed by atoms with Crippen LogP contribution < -0.4 is 0 Å².